The van der Waals surface area contributed by atoms with Gasteiger partial charge in [0.2, 0.25) is 0 Å². The van der Waals surface area contributed by atoms with E-state index in [0.29, 0.717) is 5.71 Å². The Kier molecular flexibility index (Phi) is 3.06. The van der Waals surface area contributed by atoms with Crippen molar-refractivity contribution in [3.05, 3.63) is 35.4 Å². The van der Waals surface area contributed by atoms with Crippen LogP contribution in [0.4, 0.5) is 5.69 Å². The minimum absolute atomic E-state index is 0.579. The molecular formula is C13H17N3. The van der Waals surface area contributed by atoms with Crippen molar-refractivity contribution in [3.63, 3.8) is 0 Å². The molecule has 1 aliphatic rings. The summed E-state index contributed by atoms with van der Waals surface area (Å²) in [4.78, 5) is 0. The maximum atomic E-state index is 7.64. The van der Waals surface area contributed by atoms with Gasteiger partial charge in [-0.15, -0.1) is 0 Å². The SMILES string of the molecule is CC(=N)c1ccc(N)c(C2=CCNCC2)c1. The Labute approximate surface area is 95.9 Å². The molecule has 0 saturated carbocycles. The molecule has 3 heteroatoms. The van der Waals surface area contributed by atoms with Gasteiger partial charge in [0.15, 0.2) is 0 Å². The molecule has 0 aliphatic carbocycles. The zero-order valence-electron chi connectivity index (χ0n) is 9.51. The number of rotatable bonds is 2. The Morgan fingerprint density at radius 2 is 2.25 bits per heavy atom. The van der Waals surface area contributed by atoms with Gasteiger partial charge in [-0.25, -0.2) is 0 Å². The van der Waals surface area contributed by atoms with E-state index in [1.807, 2.05) is 18.2 Å². The zero-order chi connectivity index (χ0) is 11.5. The van der Waals surface area contributed by atoms with Crippen LogP contribution in [0.5, 0.6) is 0 Å². The highest BCUT2D eigenvalue weighted by molar-refractivity contribution is 5.97. The second kappa shape index (κ2) is 4.49. The summed E-state index contributed by atoms with van der Waals surface area (Å²) >= 11 is 0. The summed E-state index contributed by atoms with van der Waals surface area (Å²) in [5.74, 6) is 0. The van der Waals surface area contributed by atoms with Gasteiger partial charge in [0.05, 0.1) is 0 Å². The largest absolute Gasteiger partial charge is 0.398 e. The Morgan fingerprint density at radius 3 is 2.88 bits per heavy atom. The number of hydrogen-bond acceptors (Lipinski definition) is 3. The summed E-state index contributed by atoms with van der Waals surface area (Å²) < 4.78 is 0. The van der Waals surface area contributed by atoms with Crippen LogP contribution in [0.3, 0.4) is 0 Å². The van der Waals surface area contributed by atoms with Crippen LogP contribution in [0.2, 0.25) is 0 Å². The number of benzene rings is 1. The molecule has 0 spiro atoms. The molecule has 0 radical (unpaired) electrons. The van der Waals surface area contributed by atoms with Crippen molar-refractivity contribution in [1.82, 2.24) is 5.32 Å². The van der Waals surface area contributed by atoms with Crippen molar-refractivity contribution in [2.75, 3.05) is 18.8 Å². The van der Waals surface area contributed by atoms with E-state index in [1.165, 1.54) is 5.57 Å². The molecule has 1 heterocycles. The van der Waals surface area contributed by atoms with Crippen LogP contribution >= 0.6 is 0 Å². The first-order chi connectivity index (χ1) is 7.68. The van der Waals surface area contributed by atoms with Crippen molar-refractivity contribution in [1.29, 1.82) is 5.41 Å². The number of nitrogen functional groups attached to an aromatic ring is 1. The second-order valence-corrected chi connectivity index (χ2v) is 4.11. The maximum absolute atomic E-state index is 7.64. The summed E-state index contributed by atoms with van der Waals surface area (Å²) in [5, 5.41) is 10.9. The van der Waals surface area contributed by atoms with E-state index in [-0.39, 0.29) is 0 Å². The Balaban J connectivity index is 2.42. The molecule has 0 bridgehead atoms. The lowest BCUT2D eigenvalue weighted by atomic mass is 9.96. The monoisotopic (exact) mass is 215 g/mol. The molecule has 0 amide bonds. The van der Waals surface area contributed by atoms with Gasteiger partial charge in [-0.1, -0.05) is 12.1 Å². The van der Waals surface area contributed by atoms with Crippen LogP contribution in [0.25, 0.3) is 5.57 Å². The molecule has 16 heavy (non-hydrogen) atoms. The number of hydrogen-bond donors (Lipinski definition) is 3. The summed E-state index contributed by atoms with van der Waals surface area (Å²) in [6.45, 7) is 3.70. The van der Waals surface area contributed by atoms with E-state index in [1.54, 1.807) is 6.92 Å². The van der Waals surface area contributed by atoms with Gasteiger partial charge in [0, 0.05) is 23.5 Å². The predicted octanol–water partition coefficient (Wildman–Crippen LogP) is 2.03. The van der Waals surface area contributed by atoms with Gasteiger partial charge in [-0.3, -0.25) is 0 Å². The molecule has 3 nitrogen and oxygen atoms in total. The molecule has 84 valence electrons. The topological polar surface area (TPSA) is 61.9 Å². The van der Waals surface area contributed by atoms with Gasteiger partial charge >= 0.3 is 0 Å². The summed E-state index contributed by atoms with van der Waals surface area (Å²) in [6.07, 6.45) is 3.18. The first-order valence-electron chi connectivity index (χ1n) is 5.53. The highest BCUT2D eigenvalue weighted by atomic mass is 14.8. The van der Waals surface area contributed by atoms with E-state index in [2.05, 4.69) is 11.4 Å². The molecular weight excluding hydrogens is 198 g/mol. The summed E-state index contributed by atoms with van der Waals surface area (Å²) in [7, 11) is 0. The third-order valence-electron chi connectivity index (χ3n) is 2.90. The predicted molar refractivity (Wildman–Crippen MR) is 68.8 cm³/mol. The van der Waals surface area contributed by atoms with Gasteiger partial charge in [-0.05, 0) is 43.2 Å². The van der Waals surface area contributed by atoms with E-state index in [4.69, 9.17) is 11.1 Å². The average molecular weight is 215 g/mol. The number of anilines is 1. The van der Waals surface area contributed by atoms with Crippen LogP contribution in [0, 0.1) is 5.41 Å². The molecule has 0 saturated heterocycles. The molecule has 0 atom stereocenters. The van der Waals surface area contributed by atoms with Crippen molar-refractivity contribution in [2.45, 2.75) is 13.3 Å². The number of nitrogens with two attached hydrogens (primary N) is 1. The molecule has 0 aromatic heterocycles. The molecule has 1 aromatic carbocycles. The standard InChI is InChI=1S/C13H17N3/c1-9(14)11-2-3-13(15)12(8-11)10-4-6-16-7-5-10/h2-4,8,14,16H,5-7,15H2,1H3. The van der Waals surface area contributed by atoms with Crippen LogP contribution < -0.4 is 11.1 Å². The van der Waals surface area contributed by atoms with Crippen molar-refractivity contribution in [2.24, 2.45) is 0 Å². The third-order valence-corrected chi connectivity index (χ3v) is 2.90. The lowest BCUT2D eigenvalue weighted by Crippen LogP contribution is -2.20. The van der Waals surface area contributed by atoms with Crippen LogP contribution in [0.15, 0.2) is 24.3 Å². The minimum Gasteiger partial charge on any atom is -0.398 e. The van der Waals surface area contributed by atoms with Crippen molar-refractivity contribution < 1.29 is 0 Å². The zero-order valence-corrected chi connectivity index (χ0v) is 9.51. The van der Waals surface area contributed by atoms with Crippen molar-refractivity contribution >= 4 is 17.0 Å². The van der Waals surface area contributed by atoms with Gasteiger partial charge < -0.3 is 16.5 Å². The van der Waals surface area contributed by atoms with Crippen LogP contribution in [0.1, 0.15) is 24.5 Å². The van der Waals surface area contributed by atoms with Gasteiger partial charge in [-0.2, -0.15) is 0 Å². The smallest absolute Gasteiger partial charge is 0.0390 e. The molecule has 0 unspecified atom stereocenters. The second-order valence-electron chi connectivity index (χ2n) is 4.11. The minimum atomic E-state index is 0.579. The normalized spacial score (nSPS) is 15.7. The quantitative estimate of drug-likeness (QED) is 0.522. The van der Waals surface area contributed by atoms with Crippen LogP contribution in [-0.4, -0.2) is 18.8 Å². The highest BCUT2D eigenvalue weighted by Gasteiger charge is 2.10. The fourth-order valence-electron chi connectivity index (χ4n) is 1.93. The molecule has 2 rings (SSSR count). The van der Waals surface area contributed by atoms with E-state index >= 15 is 0 Å². The first kappa shape index (κ1) is 10.9. The van der Waals surface area contributed by atoms with Crippen LogP contribution in [-0.2, 0) is 0 Å². The maximum Gasteiger partial charge on any atom is 0.0390 e. The third kappa shape index (κ3) is 2.14. The Morgan fingerprint density at radius 1 is 1.44 bits per heavy atom. The summed E-state index contributed by atoms with van der Waals surface area (Å²) in [5.41, 5.74) is 10.7. The fourth-order valence-corrected chi connectivity index (χ4v) is 1.93. The summed E-state index contributed by atoms with van der Waals surface area (Å²) in [6, 6.07) is 5.82. The molecule has 1 aromatic rings. The molecule has 0 fully saturated rings. The lowest BCUT2D eigenvalue weighted by Gasteiger charge is -2.16. The lowest BCUT2D eigenvalue weighted by molar-refractivity contribution is 0.739. The highest BCUT2D eigenvalue weighted by Crippen LogP contribution is 2.26. The molecule has 1 aliphatic heterocycles. The molecule has 4 N–H and O–H groups in total. The first-order valence-corrected chi connectivity index (χ1v) is 5.53. The van der Waals surface area contributed by atoms with E-state index < -0.39 is 0 Å². The Bertz CT molecular complexity index is 446. The number of nitrogens with one attached hydrogen (secondary N) is 2. The van der Waals surface area contributed by atoms with Gasteiger partial charge in [0.1, 0.15) is 0 Å². The fraction of sp³-hybridized carbons (Fsp3) is 0.308. The van der Waals surface area contributed by atoms with Crippen molar-refractivity contribution in [3.8, 4) is 0 Å². The van der Waals surface area contributed by atoms with Gasteiger partial charge in [0.25, 0.3) is 0 Å². The van der Waals surface area contributed by atoms with E-state index in [0.717, 1.165) is 36.3 Å². The average Bonchev–Trinajstić information content (AvgIpc) is 2.30. The van der Waals surface area contributed by atoms with E-state index in [9.17, 15) is 0 Å². The Hall–Kier alpha value is -1.61.